The number of hydrogen-bond donors (Lipinski definition) is 3. The number of nitrogens with one attached hydrogen (secondary N) is 2. The number of rotatable bonds is 10. The second-order valence-corrected chi connectivity index (χ2v) is 10.6. The molecule has 0 radical (unpaired) electrons. The zero-order valence-corrected chi connectivity index (χ0v) is 22.0. The van der Waals surface area contributed by atoms with Gasteiger partial charge < -0.3 is 30.3 Å². The third-order valence-corrected chi connectivity index (χ3v) is 7.97. The van der Waals surface area contributed by atoms with Crippen molar-refractivity contribution in [2.75, 3.05) is 62.7 Å². The van der Waals surface area contributed by atoms with Crippen molar-refractivity contribution in [3.8, 4) is 0 Å². The molecule has 9 heteroatoms. The number of morpholine rings is 1. The number of carboxylic acid groups (broad SMARTS) is 1. The van der Waals surface area contributed by atoms with E-state index in [4.69, 9.17) is 9.72 Å². The lowest BCUT2D eigenvalue weighted by Crippen LogP contribution is -2.44. The summed E-state index contributed by atoms with van der Waals surface area (Å²) in [4.78, 5) is 34.4. The lowest BCUT2D eigenvalue weighted by Gasteiger charge is -2.30. The Morgan fingerprint density at radius 2 is 2.00 bits per heavy atom. The molecule has 0 bridgehead atoms. The van der Waals surface area contributed by atoms with E-state index in [1.807, 2.05) is 18.2 Å². The number of hydrogen-bond acceptors (Lipinski definition) is 7. The molecule has 2 fully saturated rings. The van der Waals surface area contributed by atoms with Crippen molar-refractivity contribution < 1.29 is 19.4 Å². The molecule has 38 heavy (non-hydrogen) atoms. The molecule has 0 aliphatic carbocycles. The Morgan fingerprint density at radius 1 is 1.16 bits per heavy atom. The fraction of sp³-hybridized carbons (Fsp3) is 0.552. The molecule has 5 rings (SSSR count). The van der Waals surface area contributed by atoms with E-state index in [9.17, 15) is 14.7 Å². The Kier molecular flexibility index (Phi) is 8.75. The highest BCUT2D eigenvalue weighted by atomic mass is 16.5. The molecule has 2 saturated heterocycles. The molecule has 0 saturated carbocycles. The maximum absolute atomic E-state index is 13.1. The van der Waals surface area contributed by atoms with E-state index < -0.39 is 12.0 Å². The van der Waals surface area contributed by atoms with Gasteiger partial charge in [-0.2, -0.15) is 0 Å². The quantitative estimate of drug-likeness (QED) is 0.438. The lowest BCUT2D eigenvalue weighted by atomic mass is 10.00. The van der Waals surface area contributed by atoms with Gasteiger partial charge >= 0.3 is 5.97 Å². The first kappa shape index (κ1) is 26.4. The van der Waals surface area contributed by atoms with Crippen LogP contribution in [0.2, 0.25) is 0 Å². The minimum absolute atomic E-state index is 0.342. The number of carbonyl (C=O) groups is 2. The van der Waals surface area contributed by atoms with Gasteiger partial charge in [0, 0.05) is 44.1 Å². The Hall–Kier alpha value is -3.17. The largest absolute Gasteiger partial charge is 0.480 e. The van der Waals surface area contributed by atoms with E-state index in [0.717, 1.165) is 62.5 Å². The van der Waals surface area contributed by atoms with E-state index >= 15 is 0 Å². The van der Waals surface area contributed by atoms with Crippen molar-refractivity contribution in [2.45, 2.75) is 44.6 Å². The molecule has 2 aromatic rings. The number of likely N-dealkylation sites (tertiary alicyclic amines) is 1. The highest BCUT2D eigenvalue weighted by Gasteiger charge is 2.27. The highest BCUT2D eigenvalue weighted by molar-refractivity contribution is 6.01. The number of fused-ring (bicyclic) bond motifs is 1. The number of aliphatic carboxylic acids is 1. The van der Waals surface area contributed by atoms with Gasteiger partial charge in [-0.1, -0.05) is 18.2 Å². The van der Waals surface area contributed by atoms with Gasteiger partial charge in [0.1, 0.15) is 11.9 Å². The van der Waals surface area contributed by atoms with Gasteiger partial charge in [-0.05, 0) is 74.8 Å². The molecule has 1 amide bonds. The first-order valence-electron chi connectivity index (χ1n) is 14.0. The third-order valence-electron chi connectivity index (χ3n) is 7.97. The molecule has 3 aliphatic rings. The van der Waals surface area contributed by atoms with Gasteiger partial charge in [0.05, 0.1) is 18.8 Å². The van der Waals surface area contributed by atoms with Gasteiger partial charge in [-0.15, -0.1) is 0 Å². The van der Waals surface area contributed by atoms with Crippen LogP contribution >= 0.6 is 0 Å². The molecule has 204 valence electrons. The summed E-state index contributed by atoms with van der Waals surface area (Å²) in [5.74, 6) is 0.297. The number of ether oxygens (including phenoxy) is 1. The lowest BCUT2D eigenvalue weighted by molar-refractivity contribution is -0.139. The second kappa shape index (κ2) is 12.6. The van der Waals surface area contributed by atoms with E-state index in [1.165, 1.54) is 12.0 Å². The van der Waals surface area contributed by atoms with Gasteiger partial charge in [0.25, 0.3) is 5.91 Å². The number of pyridine rings is 1. The summed E-state index contributed by atoms with van der Waals surface area (Å²) < 4.78 is 5.43. The van der Waals surface area contributed by atoms with Gasteiger partial charge in [-0.25, -0.2) is 9.78 Å². The Labute approximate surface area is 224 Å². The van der Waals surface area contributed by atoms with Gasteiger partial charge in [-0.3, -0.25) is 4.79 Å². The fourth-order valence-corrected chi connectivity index (χ4v) is 5.76. The second-order valence-electron chi connectivity index (χ2n) is 10.6. The molecule has 0 spiro atoms. The molecule has 1 aromatic heterocycles. The van der Waals surface area contributed by atoms with Crippen LogP contribution in [0.3, 0.4) is 0 Å². The molecule has 4 heterocycles. The summed E-state index contributed by atoms with van der Waals surface area (Å²) in [6, 6.07) is 10.8. The monoisotopic (exact) mass is 521 g/mol. The molecule has 9 nitrogen and oxygen atoms in total. The molecular formula is C29H39N5O4. The van der Waals surface area contributed by atoms with E-state index in [-0.39, 0.29) is 5.91 Å². The number of nitrogens with zero attached hydrogens (tertiary/aromatic N) is 3. The van der Waals surface area contributed by atoms with Gasteiger partial charge in [0.2, 0.25) is 0 Å². The van der Waals surface area contributed by atoms with Crippen LogP contribution < -0.4 is 15.5 Å². The SMILES string of the molecule is O=C(N[C@H](CCN1CC[C@H](CCc2ccc3c(n2)NCCC3)C1)C(=O)O)c1ccccc1N1CCOCC1. The first-order chi connectivity index (χ1) is 18.6. The van der Waals surface area contributed by atoms with Crippen molar-refractivity contribution in [3.05, 3.63) is 53.2 Å². The number of carbonyl (C=O) groups excluding carboxylic acids is 1. The topological polar surface area (TPSA) is 107 Å². The number of aryl methyl sites for hydroxylation is 2. The third kappa shape index (κ3) is 6.63. The van der Waals surface area contributed by atoms with Crippen LogP contribution in [0.1, 0.15) is 47.3 Å². The Morgan fingerprint density at radius 3 is 2.84 bits per heavy atom. The van der Waals surface area contributed by atoms with Crippen molar-refractivity contribution >= 4 is 23.4 Å². The summed E-state index contributed by atoms with van der Waals surface area (Å²) in [6.07, 6.45) is 5.81. The summed E-state index contributed by atoms with van der Waals surface area (Å²) >= 11 is 0. The summed E-state index contributed by atoms with van der Waals surface area (Å²) in [5.41, 5.74) is 3.79. The van der Waals surface area contributed by atoms with E-state index in [0.29, 0.717) is 50.8 Å². The van der Waals surface area contributed by atoms with Crippen LogP contribution in [0.25, 0.3) is 0 Å². The molecule has 0 unspecified atom stereocenters. The number of aromatic nitrogens is 1. The zero-order chi connectivity index (χ0) is 26.3. The molecule has 2 atom stereocenters. The summed E-state index contributed by atoms with van der Waals surface area (Å²) in [6.45, 7) is 6.23. The predicted molar refractivity (Wildman–Crippen MR) is 147 cm³/mol. The van der Waals surface area contributed by atoms with Crippen LogP contribution in [0, 0.1) is 5.92 Å². The molecule has 1 aromatic carbocycles. The van der Waals surface area contributed by atoms with Crippen molar-refractivity contribution in [3.63, 3.8) is 0 Å². The maximum atomic E-state index is 13.1. The number of amides is 1. The zero-order valence-electron chi connectivity index (χ0n) is 22.0. The van der Waals surface area contributed by atoms with Crippen LogP contribution in [0.15, 0.2) is 36.4 Å². The Balaban J connectivity index is 1.10. The molecule has 3 aliphatic heterocycles. The average Bonchev–Trinajstić information content (AvgIpc) is 3.42. The molecule has 3 N–H and O–H groups in total. The minimum Gasteiger partial charge on any atom is -0.480 e. The number of carboxylic acids is 1. The number of anilines is 2. The van der Waals surface area contributed by atoms with E-state index in [1.54, 1.807) is 6.07 Å². The smallest absolute Gasteiger partial charge is 0.326 e. The Bertz CT molecular complexity index is 1120. The number of para-hydroxylation sites is 1. The van der Waals surface area contributed by atoms with Crippen LogP contribution in [0.4, 0.5) is 11.5 Å². The van der Waals surface area contributed by atoms with E-state index in [2.05, 4.69) is 32.6 Å². The van der Waals surface area contributed by atoms with Crippen LogP contribution in [-0.2, 0) is 22.4 Å². The maximum Gasteiger partial charge on any atom is 0.326 e. The van der Waals surface area contributed by atoms with Crippen molar-refractivity contribution in [1.29, 1.82) is 0 Å². The number of benzene rings is 1. The van der Waals surface area contributed by atoms with Crippen molar-refractivity contribution in [1.82, 2.24) is 15.2 Å². The van der Waals surface area contributed by atoms with Crippen molar-refractivity contribution in [2.24, 2.45) is 5.92 Å². The summed E-state index contributed by atoms with van der Waals surface area (Å²) in [7, 11) is 0. The standard InChI is InChI=1S/C29H39N5O4/c35-28(24-5-1-2-6-26(24)34-16-18-38-19-17-34)32-25(29(36)37)12-15-33-14-11-21(20-33)7-9-23-10-8-22-4-3-13-30-27(22)31-23/h1-2,5-6,8,10,21,25H,3-4,7,9,11-20H2,(H,30,31)(H,32,35)(H,36,37)/t21-,25+/m0/s1. The van der Waals surface area contributed by atoms with Crippen LogP contribution in [-0.4, -0.2) is 85.4 Å². The first-order valence-corrected chi connectivity index (χ1v) is 14.0. The molecular weight excluding hydrogens is 482 g/mol. The summed E-state index contributed by atoms with van der Waals surface area (Å²) in [5, 5.41) is 16.0. The predicted octanol–water partition coefficient (Wildman–Crippen LogP) is 2.80. The normalized spacial score (nSPS) is 20.4. The minimum atomic E-state index is -0.995. The van der Waals surface area contributed by atoms with Crippen LogP contribution in [0.5, 0.6) is 0 Å². The fourth-order valence-electron chi connectivity index (χ4n) is 5.76. The van der Waals surface area contributed by atoms with Gasteiger partial charge in [0.15, 0.2) is 0 Å². The average molecular weight is 522 g/mol. The highest BCUT2D eigenvalue weighted by Crippen LogP contribution is 2.25.